The first-order valence-electron chi connectivity index (χ1n) is 5.44. The molecule has 0 rings (SSSR count). The van der Waals surface area contributed by atoms with Crippen molar-refractivity contribution in [2.45, 2.75) is 38.8 Å². The van der Waals surface area contributed by atoms with Crippen LogP contribution >= 0.6 is 0 Å². The Labute approximate surface area is 113 Å². The maximum absolute atomic E-state index is 11.7. The molecule has 0 aliphatic carbocycles. The fourth-order valence-electron chi connectivity index (χ4n) is 1.18. The van der Waals surface area contributed by atoms with E-state index < -0.39 is 43.3 Å². The number of rotatable bonds is 7. The summed E-state index contributed by atoms with van der Waals surface area (Å²) in [5.74, 6) is -1.84. The highest BCUT2D eigenvalue weighted by Gasteiger charge is 2.27. The molecule has 0 aromatic carbocycles. The van der Waals surface area contributed by atoms with Crippen LogP contribution in [-0.4, -0.2) is 51.5 Å². The Bertz CT molecular complexity index is 517. The first kappa shape index (κ1) is 18.3. The summed E-state index contributed by atoms with van der Waals surface area (Å²) >= 11 is 0. The quantitative estimate of drug-likeness (QED) is 0.558. The first-order chi connectivity index (χ1) is 8.22. The molecule has 0 aliphatic heterocycles. The molecule has 1 unspecified atom stereocenters. The van der Waals surface area contributed by atoms with E-state index in [0.717, 1.165) is 6.26 Å². The average molecular weight is 316 g/mol. The number of hydrogen-bond donors (Lipinski definition) is 3. The van der Waals surface area contributed by atoms with Gasteiger partial charge >= 0.3 is 5.97 Å². The molecule has 0 spiro atoms. The summed E-state index contributed by atoms with van der Waals surface area (Å²) in [5, 5.41) is 8.88. The molecule has 0 amide bonds. The number of sulfone groups is 1. The normalized spacial score (nSPS) is 15.2. The summed E-state index contributed by atoms with van der Waals surface area (Å²) in [4.78, 5) is 10.9. The van der Waals surface area contributed by atoms with Crippen LogP contribution in [0.1, 0.15) is 27.2 Å². The van der Waals surface area contributed by atoms with E-state index in [2.05, 4.69) is 4.72 Å². The fraction of sp³-hybridized carbons (Fsp3) is 0.889. The molecule has 3 N–H and O–H groups in total. The molecule has 0 fully saturated rings. The Morgan fingerprint density at radius 1 is 1.21 bits per heavy atom. The molecule has 8 nitrogen and oxygen atoms in total. The Hall–Kier alpha value is -0.710. The molecule has 0 aromatic heterocycles. The zero-order chi connectivity index (χ0) is 15.5. The Kier molecular flexibility index (Phi) is 5.93. The second-order valence-corrected chi connectivity index (χ2v) is 8.99. The molecule has 0 aliphatic rings. The maximum Gasteiger partial charge on any atom is 0.321 e. The molecule has 0 saturated carbocycles. The summed E-state index contributed by atoms with van der Waals surface area (Å²) in [6.45, 7) is 4.79. The van der Waals surface area contributed by atoms with Crippen molar-refractivity contribution in [2.24, 2.45) is 0 Å². The summed E-state index contributed by atoms with van der Waals surface area (Å²) in [6.07, 6.45) is 0.618. The van der Waals surface area contributed by atoms with E-state index in [4.69, 9.17) is 5.11 Å². The van der Waals surface area contributed by atoms with Gasteiger partial charge in [-0.05, 0) is 27.2 Å². The second kappa shape index (κ2) is 6.16. The van der Waals surface area contributed by atoms with Crippen molar-refractivity contribution in [3.05, 3.63) is 0 Å². The Morgan fingerprint density at radius 3 is 2.00 bits per heavy atom. The topological polar surface area (TPSA) is 130 Å². The monoisotopic (exact) mass is 316 g/mol. The number of nitrogens with one attached hydrogen (secondary N) is 2. The lowest BCUT2D eigenvalue weighted by Crippen LogP contribution is -2.52. The van der Waals surface area contributed by atoms with Gasteiger partial charge < -0.3 is 5.11 Å². The van der Waals surface area contributed by atoms with Crippen molar-refractivity contribution in [3.63, 3.8) is 0 Å². The van der Waals surface area contributed by atoms with Crippen LogP contribution in [0.25, 0.3) is 0 Å². The number of aliphatic carboxylic acids is 1. The molecule has 10 heteroatoms. The van der Waals surface area contributed by atoms with Crippen LogP contribution in [0.4, 0.5) is 0 Å². The molecule has 1 atom stereocenters. The van der Waals surface area contributed by atoms with Gasteiger partial charge in [-0.2, -0.15) is 17.9 Å². The van der Waals surface area contributed by atoms with E-state index in [-0.39, 0.29) is 6.42 Å². The molecule has 0 saturated heterocycles. The molecule has 0 radical (unpaired) electrons. The zero-order valence-electron chi connectivity index (χ0n) is 11.3. The third-order valence-electron chi connectivity index (χ3n) is 1.81. The number of carbonyl (C=O) groups is 1. The first-order valence-corrected chi connectivity index (χ1v) is 8.98. The minimum absolute atomic E-state index is 0.334. The van der Waals surface area contributed by atoms with Gasteiger partial charge in [-0.3, -0.25) is 4.79 Å². The lowest BCUT2D eigenvalue weighted by molar-refractivity contribution is -0.139. The molecular weight excluding hydrogens is 296 g/mol. The smallest absolute Gasteiger partial charge is 0.321 e. The highest BCUT2D eigenvalue weighted by molar-refractivity contribution is 7.90. The van der Waals surface area contributed by atoms with Crippen LogP contribution in [0.2, 0.25) is 0 Å². The van der Waals surface area contributed by atoms with Gasteiger partial charge in [0.05, 0.1) is 5.75 Å². The predicted molar refractivity (Wildman–Crippen MR) is 70.7 cm³/mol. The molecule has 0 bridgehead atoms. The van der Waals surface area contributed by atoms with Gasteiger partial charge in [0.2, 0.25) is 0 Å². The van der Waals surface area contributed by atoms with Gasteiger partial charge in [-0.25, -0.2) is 8.42 Å². The van der Waals surface area contributed by atoms with E-state index in [0.29, 0.717) is 0 Å². The fourth-order valence-corrected chi connectivity index (χ4v) is 3.31. The largest absolute Gasteiger partial charge is 0.480 e. The van der Waals surface area contributed by atoms with E-state index in [9.17, 15) is 21.6 Å². The van der Waals surface area contributed by atoms with E-state index >= 15 is 0 Å². The minimum atomic E-state index is -4.03. The van der Waals surface area contributed by atoms with Gasteiger partial charge in [-0.1, -0.05) is 0 Å². The number of hydrogen-bond acceptors (Lipinski definition) is 5. The SMILES string of the molecule is CC(C)(C)NS(=O)(=O)NC(CCS(C)(=O)=O)C(=O)O. The van der Waals surface area contributed by atoms with Crippen LogP contribution in [0.5, 0.6) is 0 Å². The summed E-state index contributed by atoms with van der Waals surface area (Å²) in [6, 6.07) is -1.49. The van der Waals surface area contributed by atoms with Crippen molar-refractivity contribution in [1.29, 1.82) is 0 Å². The van der Waals surface area contributed by atoms with Crippen LogP contribution in [0, 0.1) is 0 Å². The van der Waals surface area contributed by atoms with Crippen molar-refractivity contribution in [3.8, 4) is 0 Å². The van der Waals surface area contributed by atoms with Gasteiger partial charge in [0.15, 0.2) is 0 Å². The third-order valence-corrected chi connectivity index (χ3v) is 4.27. The van der Waals surface area contributed by atoms with Crippen molar-refractivity contribution < 1.29 is 26.7 Å². The average Bonchev–Trinajstić information content (AvgIpc) is 2.05. The van der Waals surface area contributed by atoms with Gasteiger partial charge in [0.25, 0.3) is 10.2 Å². The highest BCUT2D eigenvalue weighted by atomic mass is 32.2. The molecule has 19 heavy (non-hydrogen) atoms. The third kappa shape index (κ3) is 9.82. The van der Waals surface area contributed by atoms with Crippen molar-refractivity contribution >= 4 is 26.0 Å². The van der Waals surface area contributed by atoms with Crippen LogP contribution < -0.4 is 9.44 Å². The minimum Gasteiger partial charge on any atom is -0.480 e. The molecule has 0 aromatic rings. The van der Waals surface area contributed by atoms with Gasteiger partial charge in [-0.15, -0.1) is 0 Å². The van der Waals surface area contributed by atoms with Crippen molar-refractivity contribution in [1.82, 2.24) is 9.44 Å². The zero-order valence-corrected chi connectivity index (χ0v) is 12.9. The van der Waals surface area contributed by atoms with E-state index in [1.54, 1.807) is 20.8 Å². The van der Waals surface area contributed by atoms with Gasteiger partial charge in [0.1, 0.15) is 15.9 Å². The van der Waals surface area contributed by atoms with E-state index in [1.165, 1.54) is 0 Å². The Morgan fingerprint density at radius 2 is 1.68 bits per heavy atom. The lowest BCUT2D eigenvalue weighted by atomic mass is 10.1. The second-order valence-electron chi connectivity index (χ2n) is 5.28. The Balaban J connectivity index is 4.82. The maximum atomic E-state index is 11.7. The predicted octanol–water partition coefficient (Wildman–Crippen LogP) is -0.903. The standard InChI is InChI=1S/C9H20N2O6S2/c1-9(2,3)11-19(16,17)10-7(8(12)13)5-6-18(4,14)15/h7,10-11H,5-6H2,1-4H3,(H,12,13). The lowest BCUT2D eigenvalue weighted by Gasteiger charge is -2.22. The van der Waals surface area contributed by atoms with Crippen LogP contribution in [0.3, 0.4) is 0 Å². The summed E-state index contributed by atoms with van der Waals surface area (Å²) in [7, 11) is -7.39. The van der Waals surface area contributed by atoms with Crippen molar-refractivity contribution in [2.75, 3.05) is 12.0 Å². The van der Waals surface area contributed by atoms with Crippen LogP contribution in [0.15, 0.2) is 0 Å². The summed E-state index contributed by atoms with van der Waals surface area (Å²) < 4.78 is 49.4. The molecule has 0 heterocycles. The number of carboxylic acids is 1. The highest BCUT2D eigenvalue weighted by Crippen LogP contribution is 2.03. The molecule has 114 valence electrons. The molecular formula is C9H20N2O6S2. The number of carboxylic acid groups (broad SMARTS) is 1. The van der Waals surface area contributed by atoms with Crippen LogP contribution in [-0.2, 0) is 24.8 Å². The van der Waals surface area contributed by atoms with Gasteiger partial charge in [0, 0.05) is 11.8 Å². The summed E-state index contributed by atoms with van der Waals surface area (Å²) in [5.41, 5.74) is -0.772. The van der Waals surface area contributed by atoms with E-state index in [1.807, 2.05) is 4.72 Å².